The summed E-state index contributed by atoms with van der Waals surface area (Å²) in [5.74, 6) is 0.399. The fourth-order valence-corrected chi connectivity index (χ4v) is 5.61. The van der Waals surface area contributed by atoms with Gasteiger partial charge in [-0.2, -0.15) is 0 Å². The Morgan fingerprint density at radius 2 is 1.50 bits per heavy atom. The van der Waals surface area contributed by atoms with Crippen LogP contribution in [0.5, 0.6) is 0 Å². The minimum atomic E-state index is -0.456. The molecule has 0 bridgehead atoms. The number of rotatable bonds is 15. The average Bonchev–Trinajstić information content (AvgIpc) is 3.52. The molecule has 10 heteroatoms. The van der Waals surface area contributed by atoms with Crippen molar-refractivity contribution in [3.05, 3.63) is 11.6 Å². The highest BCUT2D eigenvalue weighted by molar-refractivity contribution is 5.97. The largest absolute Gasteiger partial charge is 0.354 e. The maximum Gasteiger partial charge on any atom is 0.249 e. The average molecular weight is 651 g/mol. The standard InChI is InChI=1S/C24H43N5O4.C8H17N.C4H10/c1-7-28(8-2)13-10-12-26-23(32)20-11-9-14-29(20)24(33)19(5)15-21(18(3)4)27(6)22(31)16-25-17-30;1-8(2)9-6-4-3-5-7-9;1-4(2)3/h15,17-18,20-21H,7-14,16H2,1-6H3,(H,25,30)(H,26,32);8H,3-7H2,1-2H3;4H,1-3H3/b19-15+;;/t20-,21+;;/m0../s1. The summed E-state index contributed by atoms with van der Waals surface area (Å²) < 4.78 is 0. The van der Waals surface area contributed by atoms with Gasteiger partial charge in [-0.3, -0.25) is 19.2 Å². The fourth-order valence-electron chi connectivity index (χ4n) is 5.61. The van der Waals surface area contributed by atoms with Crippen molar-refractivity contribution < 1.29 is 19.2 Å². The SMILES string of the molecule is CC(C)C.CC(C)N1CCCCC1.CCN(CC)CCCNC(=O)[C@@H]1CCCN1C(=O)/C(C)=C/[C@H](C(C)C)N(C)C(=O)CNC=O. The van der Waals surface area contributed by atoms with Gasteiger partial charge in [0.2, 0.25) is 24.1 Å². The second kappa shape index (κ2) is 24.7. The van der Waals surface area contributed by atoms with Gasteiger partial charge in [-0.15, -0.1) is 0 Å². The van der Waals surface area contributed by atoms with Gasteiger partial charge >= 0.3 is 0 Å². The molecule has 0 aromatic heterocycles. The zero-order valence-corrected chi connectivity index (χ0v) is 31.4. The van der Waals surface area contributed by atoms with E-state index in [4.69, 9.17) is 0 Å². The molecule has 0 unspecified atom stereocenters. The van der Waals surface area contributed by atoms with Crippen LogP contribution in [-0.4, -0.2) is 121 Å². The van der Waals surface area contributed by atoms with Crippen LogP contribution in [0.15, 0.2) is 11.6 Å². The summed E-state index contributed by atoms with van der Waals surface area (Å²) in [4.78, 5) is 56.8. The molecule has 4 amide bonds. The second-order valence-corrected chi connectivity index (χ2v) is 13.8. The van der Waals surface area contributed by atoms with Crippen molar-refractivity contribution in [2.45, 2.75) is 126 Å². The van der Waals surface area contributed by atoms with Crippen LogP contribution in [-0.2, 0) is 19.2 Å². The summed E-state index contributed by atoms with van der Waals surface area (Å²) in [6, 6.07) is 0.0121. The molecule has 2 fully saturated rings. The van der Waals surface area contributed by atoms with Crippen molar-refractivity contribution in [1.82, 2.24) is 30.2 Å². The van der Waals surface area contributed by atoms with E-state index < -0.39 is 6.04 Å². The molecule has 2 aliphatic heterocycles. The first-order valence-corrected chi connectivity index (χ1v) is 17.9. The lowest BCUT2D eigenvalue weighted by atomic mass is 9.99. The maximum absolute atomic E-state index is 13.2. The molecule has 0 aromatic rings. The van der Waals surface area contributed by atoms with E-state index in [9.17, 15) is 19.2 Å². The van der Waals surface area contributed by atoms with Crippen LogP contribution in [0, 0.1) is 11.8 Å². The number of nitrogens with zero attached hydrogens (tertiary/aromatic N) is 4. The zero-order valence-electron chi connectivity index (χ0n) is 31.4. The third-order valence-electron chi connectivity index (χ3n) is 8.40. The Balaban J connectivity index is 0.00000128. The van der Waals surface area contributed by atoms with E-state index in [0.29, 0.717) is 31.5 Å². The van der Waals surface area contributed by atoms with Crippen molar-refractivity contribution in [1.29, 1.82) is 0 Å². The Hall–Kier alpha value is -2.46. The van der Waals surface area contributed by atoms with Crippen molar-refractivity contribution in [2.24, 2.45) is 11.8 Å². The van der Waals surface area contributed by atoms with Gasteiger partial charge in [-0.05, 0) is 97.4 Å². The predicted octanol–water partition coefficient (Wildman–Crippen LogP) is 4.54. The minimum absolute atomic E-state index is 0.0708. The van der Waals surface area contributed by atoms with E-state index in [2.05, 4.69) is 68.9 Å². The summed E-state index contributed by atoms with van der Waals surface area (Å²) in [6.45, 7) is 27.6. The summed E-state index contributed by atoms with van der Waals surface area (Å²) in [5, 5.41) is 5.38. The van der Waals surface area contributed by atoms with Crippen molar-refractivity contribution >= 4 is 24.1 Å². The van der Waals surface area contributed by atoms with Crippen LogP contribution in [0.3, 0.4) is 0 Å². The smallest absolute Gasteiger partial charge is 0.249 e. The molecule has 2 heterocycles. The first-order valence-electron chi connectivity index (χ1n) is 17.9. The molecule has 2 N–H and O–H groups in total. The second-order valence-electron chi connectivity index (χ2n) is 13.8. The lowest BCUT2D eigenvalue weighted by Gasteiger charge is -2.30. The fraction of sp³-hybridized carbons (Fsp3) is 0.833. The van der Waals surface area contributed by atoms with E-state index >= 15 is 0 Å². The Bertz CT molecular complexity index is 894. The Labute approximate surface area is 282 Å². The molecule has 10 nitrogen and oxygen atoms in total. The Morgan fingerprint density at radius 3 is 1.98 bits per heavy atom. The van der Waals surface area contributed by atoms with Crippen LogP contribution in [0.25, 0.3) is 0 Å². The monoisotopic (exact) mass is 651 g/mol. The summed E-state index contributed by atoms with van der Waals surface area (Å²) in [6.07, 6.45) is 8.89. The predicted molar refractivity (Wildman–Crippen MR) is 190 cm³/mol. The van der Waals surface area contributed by atoms with Gasteiger partial charge in [0.25, 0.3) is 0 Å². The van der Waals surface area contributed by atoms with Gasteiger partial charge in [-0.25, -0.2) is 0 Å². The van der Waals surface area contributed by atoms with Gasteiger partial charge in [0, 0.05) is 31.8 Å². The zero-order chi connectivity index (χ0) is 35.2. The molecule has 0 aliphatic carbocycles. The molecule has 0 spiro atoms. The maximum atomic E-state index is 13.2. The number of likely N-dealkylation sites (tertiary alicyclic amines) is 2. The molecule has 0 radical (unpaired) electrons. The van der Waals surface area contributed by atoms with Gasteiger partial charge in [-0.1, -0.05) is 61.0 Å². The summed E-state index contributed by atoms with van der Waals surface area (Å²) in [5.41, 5.74) is 0.512. The molecule has 2 saturated heterocycles. The van der Waals surface area contributed by atoms with Crippen LogP contribution >= 0.6 is 0 Å². The molecule has 46 heavy (non-hydrogen) atoms. The van der Waals surface area contributed by atoms with Crippen molar-refractivity contribution in [3.63, 3.8) is 0 Å². The third-order valence-corrected chi connectivity index (χ3v) is 8.40. The number of likely N-dealkylation sites (N-methyl/N-ethyl adjacent to an activating group) is 1. The van der Waals surface area contributed by atoms with Crippen LogP contribution in [0.2, 0.25) is 0 Å². The van der Waals surface area contributed by atoms with E-state index in [0.717, 1.165) is 44.4 Å². The summed E-state index contributed by atoms with van der Waals surface area (Å²) >= 11 is 0. The number of nitrogens with one attached hydrogen (secondary N) is 2. The van der Waals surface area contributed by atoms with Crippen LogP contribution < -0.4 is 10.6 Å². The Kier molecular flexibility index (Phi) is 23.4. The molecule has 0 saturated carbocycles. The van der Waals surface area contributed by atoms with Gasteiger partial charge in [0.1, 0.15) is 6.04 Å². The number of piperidine rings is 1. The topological polar surface area (TPSA) is 105 Å². The lowest BCUT2D eigenvalue weighted by Crippen LogP contribution is -2.47. The molecule has 0 aromatic carbocycles. The molecule has 2 aliphatic rings. The number of hydrogen-bond acceptors (Lipinski definition) is 6. The summed E-state index contributed by atoms with van der Waals surface area (Å²) in [7, 11) is 1.66. The van der Waals surface area contributed by atoms with Crippen molar-refractivity contribution in [3.8, 4) is 0 Å². The molecular formula is C36H70N6O4. The van der Waals surface area contributed by atoms with Crippen molar-refractivity contribution in [2.75, 3.05) is 59.4 Å². The van der Waals surface area contributed by atoms with Gasteiger partial charge in [0.05, 0.1) is 12.6 Å². The lowest BCUT2D eigenvalue weighted by molar-refractivity contribution is -0.135. The van der Waals surface area contributed by atoms with Gasteiger partial charge in [0.15, 0.2) is 0 Å². The minimum Gasteiger partial charge on any atom is -0.354 e. The molecule has 2 atom stereocenters. The van der Waals surface area contributed by atoms with Gasteiger partial charge < -0.3 is 30.2 Å². The number of carbonyl (C=O) groups excluding carboxylic acids is 4. The highest BCUT2D eigenvalue weighted by Crippen LogP contribution is 2.21. The quantitative estimate of drug-likeness (QED) is 0.153. The molecule has 2 rings (SSSR count). The highest BCUT2D eigenvalue weighted by Gasteiger charge is 2.35. The third kappa shape index (κ3) is 17.5. The Morgan fingerprint density at radius 1 is 0.913 bits per heavy atom. The highest BCUT2D eigenvalue weighted by atomic mass is 16.2. The van der Waals surface area contributed by atoms with E-state index in [1.165, 1.54) is 32.4 Å². The van der Waals surface area contributed by atoms with E-state index in [1.807, 2.05) is 13.8 Å². The normalized spacial score (nSPS) is 17.7. The van der Waals surface area contributed by atoms with E-state index in [-0.39, 0.29) is 36.2 Å². The first kappa shape index (κ1) is 43.5. The molecule has 268 valence electrons. The number of carbonyl (C=O) groups is 4. The van der Waals surface area contributed by atoms with Crippen LogP contribution in [0.1, 0.15) is 108 Å². The number of hydrogen-bond donors (Lipinski definition) is 2. The first-order chi connectivity index (χ1) is 21.7. The number of amides is 4. The van der Waals surface area contributed by atoms with E-state index in [1.54, 1.807) is 29.8 Å². The molecular weight excluding hydrogens is 580 g/mol. The van der Waals surface area contributed by atoms with Crippen LogP contribution in [0.4, 0.5) is 0 Å².